The number of benzene rings is 2. The average molecular weight is 525 g/mol. The van der Waals surface area contributed by atoms with E-state index in [1.54, 1.807) is 4.90 Å². The number of hydrogen-bond donors (Lipinski definition) is 2. The minimum absolute atomic E-state index is 0.0646. The number of H-pyrrole nitrogens is 1. The number of carbonyl (C=O) groups excluding carboxylic acids is 2. The molecule has 0 saturated heterocycles. The first-order valence-corrected chi connectivity index (χ1v) is 12.7. The maximum Gasteiger partial charge on any atom is 0.247 e. The highest BCUT2D eigenvalue weighted by atomic mass is 35.5. The molecular formula is C28H27ClF2N4O2. The third-order valence-corrected chi connectivity index (χ3v) is 7.46. The number of aromatic nitrogens is 2. The molecule has 0 radical (unpaired) electrons. The van der Waals surface area contributed by atoms with Crippen LogP contribution in [0.2, 0.25) is 5.02 Å². The van der Waals surface area contributed by atoms with Crippen molar-refractivity contribution in [2.45, 2.75) is 45.6 Å². The predicted octanol–water partition coefficient (Wildman–Crippen LogP) is 6.43. The quantitative estimate of drug-likeness (QED) is 0.379. The number of aryl methyl sites for hydroxylation is 1. The third kappa shape index (κ3) is 4.78. The highest BCUT2D eigenvalue weighted by Crippen LogP contribution is 2.37. The lowest BCUT2D eigenvalue weighted by atomic mass is 9.95. The molecule has 1 aromatic heterocycles. The van der Waals surface area contributed by atoms with E-state index < -0.39 is 11.6 Å². The standard InChI is InChI=1S/C28H27ClF2N4O2/c1-15-6-5-9-22(27-32-16(2)26(34-27)18-7-3-4-8-21(18)33-28(15)37)35-13-12-17(14-23(35)36)24-20(30)11-10-19(29)25(24)31/h3-4,7-8,10-11,14-15,22H,5-6,9,12-13H2,1-2H3,(H,32,34)(H,33,37)/t15-,22+/m1/s1. The number of halogens is 3. The maximum absolute atomic E-state index is 14.6. The van der Waals surface area contributed by atoms with Crippen molar-refractivity contribution in [2.75, 3.05) is 11.9 Å². The van der Waals surface area contributed by atoms with Gasteiger partial charge in [0, 0.05) is 29.8 Å². The van der Waals surface area contributed by atoms with E-state index in [2.05, 4.69) is 10.3 Å². The van der Waals surface area contributed by atoms with Gasteiger partial charge >= 0.3 is 0 Å². The second-order valence-electron chi connectivity index (χ2n) is 9.65. The molecule has 2 bridgehead atoms. The van der Waals surface area contributed by atoms with Crippen molar-refractivity contribution < 1.29 is 18.4 Å². The zero-order chi connectivity index (χ0) is 26.3. The largest absolute Gasteiger partial charge is 0.344 e. The topological polar surface area (TPSA) is 78.1 Å². The van der Waals surface area contributed by atoms with E-state index >= 15 is 0 Å². The second-order valence-corrected chi connectivity index (χ2v) is 10.1. The van der Waals surface area contributed by atoms with E-state index in [9.17, 15) is 18.4 Å². The summed E-state index contributed by atoms with van der Waals surface area (Å²) in [6.07, 6.45) is 3.47. The Morgan fingerprint density at radius 3 is 2.68 bits per heavy atom. The normalized spacial score (nSPS) is 20.5. The van der Waals surface area contributed by atoms with E-state index in [0.717, 1.165) is 23.4 Å². The van der Waals surface area contributed by atoms with E-state index in [0.29, 0.717) is 36.5 Å². The Labute approximate surface area is 218 Å². The van der Waals surface area contributed by atoms with Crippen molar-refractivity contribution in [1.82, 2.24) is 14.9 Å². The number of para-hydroxylation sites is 1. The van der Waals surface area contributed by atoms with Crippen LogP contribution in [0.4, 0.5) is 14.5 Å². The summed E-state index contributed by atoms with van der Waals surface area (Å²) in [6.45, 7) is 4.07. The molecule has 5 rings (SSSR count). The van der Waals surface area contributed by atoms with Gasteiger partial charge in [0.05, 0.1) is 28.0 Å². The van der Waals surface area contributed by atoms with Crippen molar-refractivity contribution in [2.24, 2.45) is 5.92 Å². The van der Waals surface area contributed by atoms with E-state index in [1.807, 2.05) is 38.1 Å². The molecule has 2 atom stereocenters. The molecule has 2 N–H and O–H groups in total. The Morgan fingerprint density at radius 2 is 1.89 bits per heavy atom. The van der Waals surface area contributed by atoms with Gasteiger partial charge in [-0.25, -0.2) is 13.8 Å². The van der Waals surface area contributed by atoms with Crippen molar-refractivity contribution >= 4 is 34.7 Å². The molecule has 192 valence electrons. The van der Waals surface area contributed by atoms with Crippen LogP contribution in [0.25, 0.3) is 16.8 Å². The van der Waals surface area contributed by atoms with Crippen molar-refractivity contribution in [1.29, 1.82) is 0 Å². The van der Waals surface area contributed by atoms with Crippen LogP contribution >= 0.6 is 11.6 Å². The third-order valence-electron chi connectivity index (χ3n) is 7.17. The maximum atomic E-state index is 14.6. The van der Waals surface area contributed by atoms with E-state index in [4.69, 9.17) is 16.6 Å². The summed E-state index contributed by atoms with van der Waals surface area (Å²) in [5, 5.41) is 2.84. The number of carbonyl (C=O) groups is 2. The number of hydrogen-bond acceptors (Lipinski definition) is 3. The SMILES string of the molecule is Cc1[nH]c2nc1-c1ccccc1NC(=O)[C@H](C)CCC[C@@H]2N1CCC(c2c(F)ccc(Cl)c2F)=CC1=O. The first kappa shape index (κ1) is 25.1. The lowest BCUT2D eigenvalue weighted by molar-refractivity contribution is -0.129. The molecule has 2 aromatic carbocycles. The highest BCUT2D eigenvalue weighted by Gasteiger charge is 2.32. The molecule has 3 heterocycles. The van der Waals surface area contributed by atoms with Crippen LogP contribution in [0.15, 0.2) is 42.5 Å². The lowest BCUT2D eigenvalue weighted by Gasteiger charge is -2.33. The number of amides is 2. The number of nitrogens with one attached hydrogen (secondary N) is 2. The molecule has 0 fully saturated rings. The van der Waals surface area contributed by atoms with Gasteiger partial charge in [0.25, 0.3) is 0 Å². The summed E-state index contributed by atoms with van der Waals surface area (Å²) in [5.41, 5.74) is 3.02. The van der Waals surface area contributed by atoms with Crippen LogP contribution in [0, 0.1) is 24.5 Å². The zero-order valence-corrected chi connectivity index (χ0v) is 21.3. The number of anilines is 1. The minimum atomic E-state index is -0.864. The molecule has 6 nitrogen and oxygen atoms in total. The predicted molar refractivity (Wildman–Crippen MR) is 139 cm³/mol. The van der Waals surface area contributed by atoms with Gasteiger partial charge < -0.3 is 15.2 Å². The van der Waals surface area contributed by atoms with Gasteiger partial charge in [-0.1, -0.05) is 43.1 Å². The van der Waals surface area contributed by atoms with Gasteiger partial charge in [0.1, 0.15) is 11.6 Å². The summed E-state index contributed by atoms with van der Waals surface area (Å²) in [5.74, 6) is -1.60. The molecule has 0 spiro atoms. The zero-order valence-electron chi connectivity index (χ0n) is 20.6. The van der Waals surface area contributed by atoms with Gasteiger partial charge in [-0.2, -0.15) is 0 Å². The summed E-state index contributed by atoms with van der Waals surface area (Å²) >= 11 is 5.87. The fourth-order valence-corrected chi connectivity index (χ4v) is 5.29. The first-order valence-electron chi connectivity index (χ1n) is 12.4. The molecule has 9 heteroatoms. The lowest BCUT2D eigenvalue weighted by Crippen LogP contribution is -2.38. The molecule has 0 aliphatic carbocycles. The Kier molecular flexibility index (Phi) is 6.86. The molecule has 0 saturated carbocycles. The van der Waals surface area contributed by atoms with Crippen LogP contribution in [0.5, 0.6) is 0 Å². The summed E-state index contributed by atoms with van der Waals surface area (Å²) in [4.78, 5) is 36.1. The Hall–Kier alpha value is -3.52. The Morgan fingerprint density at radius 1 is 1.11 bits per heavy atom. The van der Waals surface area contributed by atoms with Gasteiger partial charge in [-0.15, -0.1) is 0 Å². The number of rotatable bonds is 2. The number of fused-ring (bicyclic) bond motifs is 4. The van der Waals surface area contributed by atoms with Crippen LogP contribution in [-0.4, -0.2) is 33.2 Å². The van der Waals surface area contributed by atoms with Crippen LogP contribution in [-0.2, 0) is 9.59 Å². The molecule has 37 heavy (non-hydrogen) atoms. The smallest absolute Gasteiger partial charge is 0.247 e. The summed E-state index contributed by atoms with van der Waals surface area (Å²) < 4.78 is 29.1. The molecular weight excluding hydrogens is 498 g/mol. The fourth-order valence-electron chi connectivity index (χ4n) is 5.13. The van der Waals surface area contributed by atoms with Gasteiger partial charge in [0.2, 0.25) is 11.8 Å². The van der Waals surface area contributed by atoms with Gasteiger partial charge in [-0.3, -0.25) is 9.59 Å². The number of aromatic amines is 1. The van der Waals surface area contributed by atoms with Crippen molar-refractivity contribution in [3.63, 3.8) is 0 Å². The molecule has 2 amide bonds. The summed E-state index contributed by atoms with van der Waals surface area (Å²) in [7, 11) is 0. The van der Waals surface area contributed by atoms with Gasteiger partial charge in [-0.05, 0) is 50.0 Å². The monoisotopic (exact) mass is 524 g/mol. The number of imidazole rings is 1. The van der Waals surface area contributed by atoms with Crippen molar-refractivity contribution in [3.05, 3.63) is 76.2 Å². The van der Waals surface area contributed by atoms with Crippen LogP contribution in [0.1, 0.15) is 55.7 Å². The summed E-state index contributed by atoms with van der Waals surface area (Å²) in [6, 6.07) is 9.40. The fraction of sp³-hybridized carbons (Fsp3) is 0.321. The Balaban J connectivity index is 1.53. The second kappa shape index (κ2) is 10.1. The first-order chi connectivity index (χ1) is 17.7. The average Bonchev–Trinajstić information content (AvgIpc) is 3.25. The van der Waals surface area contributed by atoms with E-state index in [1.165, 1.54) is 6.08 Å². The number of nitrogens with zero attached hydrogens (tertiary/aromatic N) is 2. The minimum Gasteiger partial charge on any atom is -0.344 e. The highest BCUT2D eigenvalue weighted by molar-refractivity contribution is 6.31. The molecule has 2 aliphatic rings. The van der Waals surface area contributed by atoms with Crippen LogP contribution < -0.4 is 5.32 Å². The van der Waals surface area contributed by atoms with Crippen LogP contribution in [0.3, 0.4) is 0 Å². The molecule has 3 aromatic rings. The molecule has 2 aliphatic heterocycles. The van der Waals surface area contributed by atoms with E-state index in [-0.39, 0.29) is 52.9 Å². The van der Waals surface area contributed by atoms with Gasteiger partial charge in [0.15, 0.2) is 5.82 Å². The van der Waals surface area contributed by atoms with Crippen molar-refractivity contribution in [3.8, 4) is 11.3 Å². The molecule has 0 unspecified atom stereocenters. The Bertz CT molecular complexity index is 1420.